The molecule has 2 saturated heterocycles. The maximum atomic E-state index is 12.8. The van der Waals surface area contributed by atoms with E-state index in [0.29, 0.717) is 30.8 Å². The van der Waals surface area contributed by atoms with Gasteiger partial charge in [0, 0.05) is 31.6 Å². The number of likely N-dealkylation sites (tertiary alicyclic amines) is 1. The van der Waals surface area contributed by atoms with Gasteiger partial charge in [0.2, 0.25) is 11.8 Å². The van der Waals surface area contributed by atoms with Gasteiger partial charge in [-0.05, 0) is 56.4 Å². The van der Waals surface area contributed by atoms with Crippen LogP contribution in [0.5, 0.6) is 0 Å². The van der Waals surface area contributed by atoms with Gasteiger partial charge >= 0.3 is 0 Å². The van der Waals surface area contributed by atoms with Crippen molar-refractivity contribution in [3.8, 4) is 0 Å². The summed E-state index contributed by atoms with van der Waals surface area (Å²) in [6.45, 7) is 6.47. The van der Waals surface area contributed by atoms with E-state index in [4.69, 9.17) is 5.73 Å². The first-order chi connectivity index (χ1) is 12.5. The molecule has 2 heterocycles. The second kappa shape index (κ2) is 8.70. The standard InChI is InChI=1S/C20H36N4O2/c1-13-5-3-6-15-11-17(22-19(13)15)20(26)23-16-8-10-24(12-14(16)2)18(25)7-4-9-21/h13-17,19,22H,3-12,21H2,1-2H3,(H,23,26)/t13?,14-,15?,16-,17?,19?/m1/s1. The molecule has 4 N–H and O–H groups in total. The van der Waals surface area contributed by atoms with Gasteiger partial charge in [0.1, 0.15) is 0 Å². The molecule has 4 unspecified atom stereocenters. The number of carbonyl (C=O) groups excluding carboxylic acids is 2. The van der Waals surface area contributed by atoms with Gasteiger partial charge < -0.3 is 21.3 Å². The predicted molar refractivity (Wildman–Crippen MR) is 102 cm³/mol. The van der Waals surface area contributed by atoms with E-state index >= 15 is 0 Å². The van der Waals surface area contributed by atoms with Crippen molar-refractivity contribution in [2.75, 3.05) is 19.6 Å². The maximum absolute atomic E-state index is 12.8. The van der Waals surface area contributed by atoms with Crippen molar-refractivity contribution in [3.63, 3.8) is 0 Å². The molecule has 6 atom stereocenters. The summed E-state index contributed by atoms with van der Waals surface area (Å²) in [5, 5.41) is 6.89. The summed E-state index contributed by atoms with van der Waals surface area (Å²) in [6, 6.07) is 0.642. The third-order valence-corrected chi connectivity index (χ3v) is 6.78. The van der Waals surface area contributed by atoms with E-state index in [9.17, 15) is 9.59 Å². The predicted octanol–water partition coefficient (Wildman–Crippen LogP) is 1.25. The molecule has 148 valence electrons. The summed E-state index contributed by atoms with van der Waals surface area (Å²) in [5.74, 6) is 1.98. The zero-order valence-corrected chi connectivity index (χ0v) is 16.4. The second-order valence-electron chi connectivity index (χ2n) is 8.76. The molecule has 6 heteroatoms. The lowest BCUT2D eigenvalue weighted by atomic mass is 9.78. The van der Waals surface area contributed by atoms with Crippen LogP contribution in [0, 0.1) is 17.8 Å². The van der Waals surface area contributed by atoms with Gasteiger partial charge in [-0.15, -0.1) is 0 Å². The third-order valence-electron chi connectivity index (χ3n) is 6.78. The van der Waals surface area contributed by atoms with E-state index < -0.39 is 0 Å². The van der Waals surface area contributed by atoms with Crippen molar-refractivity contribution < 1.29 is 9.59 Å². The zero-order chi connectivity index (χ0) is 18.7. The Morgan fingerprint density at radius 2 is 2.00 bits per heavy atom. The van der Waals surface area contributed by atoms with E-state index in [0.717, 1.165) is 32.4 Å². The molecule has 0 spiro atoms. The van der Waals surface area contributed by atoms with Crippen LogP contribution in [0.4, 0.5) is 0 Å². The Morgan fingerprint density at radius 3 is 2.69 bits per heavy atom. The number of nitrogens with two attached hydrogens (primary N) is 1. The molecule has 0 aromatic rings. The van der Waals surface area contributed by atoms with E-state index in [2.05, 4.69) is 24.5 Å². The fraction of sp³-hybridized carbons (Fsp3) is 0.900. The molecule has 0 aromatic heterocycles. The molecule has 1 saturated carbocycles. The fourth-order valence-corrected chi connectivity index (χ4v) is 5.16. The first kappa shape index (κ1) is 19.6. The number of nitrogens with one attached hydrogen (secondary N) is 2. The number of piperidine rings is 1. The molecular weight excluding hydrogens is 328 g/mol. The average molecular weight is 365 g/mol. The lowest BCUT2D eigenvalue weighted by molar-refractivity contribution is -0.133. The van der Waals surface area contributed by atoms with E-state index in [1.54, 1.807) is 0 Å². The molecule has 26 heavy (non-hydrogen) atoms. The number of hydrogen-bond acceptors (Lipinski definition) is 4. The van der Waals surface area contributed by atoms with Crippen molar-refractivity contribution in [2.24, 2.45) is 23.5 Å². The Kier molecular flexibility index (Phi) is 6.56. The molecule has 0 bridgehead atoms. The second-order valence-corrected chi connectivity index (χ2v) is 8.76. The van der Waals surface area contributed by atoms with Gasteiger partial charge in [-0.2, -0.15) is 0 Å². The summed E-state index contributed by atoms with van der Waals surface area (Å²) in [6.07, 6.45) is 6.93. The Balaban J connectivity index is 1.47. The summed E-state index contributed by atoms with van der Waals surface area (Å²) < 4.78 is 0. The first-order valence-electron chi connectivity index (χ1n) is 10.5. The quantitative estimate of drug-likeness (QED) is 0.685. The highest BCUT2D eigenvalue weighted by molar-refractivity contribution is 5.82. The van der Waals surface area contributed by atoms with E-state index in [1.165, 1.54) is 19.3 Å². The molecule has 2 amide bonds. The van der Waals surface area contributed by atoms with Crippen LogP contribution < -0.4 is 16.4 Å². The first-order valence-corrected chi connectivity index (χ1v) is 10.5. The van der Waals surface area contributed by atoms with Crippen LogP contribution in [0.15, 0.2) is 0 Å². The number of hydrogen-bond donors (Lipinski definition) is 3. The zero-order valence-electron chi connectivity index (χ0n) is 16.4. The Morgan fingerprint density at radius 1 is 1.19 bits per heavy atom. The Bertz CT molecular complexity index is 512. The van der Waals surface area contributed by atoms with Gasteiger partial charge in [-0.25, -0.2) is 0 Å². The van der Waals surface area contributed by atoms with Crippen molar-refractivity contribution in [2.45, 2.75) is 76.9 Å². The van der Waals surface area contributed by atoms with Crippen molar-refractivity contribution in [1.82, 2.24) is 15.5 Å². The van der Waals surface area contributed by atoms with Crippen LogP contribution in [-0.2, 0) is 9.59 Å². The molecule has 0 radical (unpaired) electrons. The number of rotatable bonds is 5. The molecular formula is C20H36N4O2. The molecule has 3 fully saturated rings. The molecule has 6 nitrogen and oxygen atoms in total. The van der Waals surface area contributed by atoms with Gasteiger partial charge in [-0.1, -0.05) is 20.3 Å². The number of fused-ring (bicyclic) bond motifs is 1. The summed E-state index contributed by atoms with van der Waals surface area (Å²) >= 11 is 0. The minimum atomic E-state index is -0.0398. The number of amides is 2. The van der Waals surface area contributed by atoms with Crippen LogP contribution >= 0.6 is 0 Å². The average Bonchev–Trinajstić information content (AvgIpc) is 3.07. The minimum absolute atomic E-state index is 0.0398. The highest BCUT2D eigenvalue weighted by Gasteiger charge is 2.42. The Labute approximate surface area is 157 Å². The minimum Gasteiger partial charge on any atom is -0.352 e. The van der Waals surface area contributed by atoms with Crippen molar-refractivity contribution >= 4 is 11.8 Å². The number of nitrogens with zero attached hydrogens (tertiary/aromatic N) is 1. The van der Waals surface area contributed by atoms with Gasteiger partial charge in [0.25, 0.3) is 0 Å². The molecule has 3 aliphatic rings. The molecule has 2 aliphatic heterocycles. The maximum Gasteiger partial charge on any atom is 0.237 e. The van der Waals surface area contributed by atoms with Gasteiger partial charge in [0.05, 0.1) is 6.04 Å². The van der Waals surface area contributed by atoms with Crippen LogP contribution in [0.25, 0.3) is 0 Å². The van der Waals surface area contributed by atoms with E-state index in [1.807, 2.05) is 4.90 Å². The van der Waals surface area contributed by atoms with Gasteiger partial charge in [0.15, 0.2) is 0 Å². The third kappa shape index (κ3) is 4.39. The molecule has 3 rings (SSSR count). The lowest BCUT2D eigenvalue weighted by Gasteiger charge is -2.37. The Hall–Kier alpha value is -1.14. The molecule has 1 aliphatic carbocycles. The van der Waals surface area contributed by atoms with Crippen molar-refractivity contribution in [3.05, 3.63) is 0 Å². The van der Waals surface area contributed by atoms with Crippen LogP contribution in [0.1, 0.15) is 58.8 Å². The summed E-state index contributed by atoms with van der Waals surface area (Å²) in [4.78, 5) is 26.9. The van der Waals surface area contributed by atoms with Crippen LogP contribution in [-0.4, -0.2) is 54.5 Å². The normalized spacial score (nSPS) is 37.3. The van der Waals surface area contributed by atoms with E-state index in [-0.39, 0.29) is 29.8 Å². The largest absolute Gasteiger partial charge is 0.352 e. The SMILES string of the molecule is CC1CCCC2CC(C(=O)N[C@@H]3CCN(C(=O)CCCN)C[C@H]3C)NC12. The fourth-order valence-electron chi connectivity index (χ4n) is 5.16. The van der Waals surface area contributed by atoms with Gasteiger partial charge in [-0.3, -0.25) is 9.59 Å². The monoisotopic (exact) mass is 364 g/mol. The number of carbonyl (C=O) groups is 2. The smallest absolute Gasteiger partial charge is 0.237 e. The topological polar surface area (TPSA) is 87.5 Å². The van der Waals surface area contributed by atoms with Crippen molar-refractivity contribution in [1.29, 1.82) is 0 Å². The summed E-state index contributed by atoms with van der Waals surface area (Å²) in [5.41, 5.74) is 5.50. The van der Waals surface area contributed by atoms with Crippen LogP contribution in [0.3, 0.4) is 0 Å². The van der Waals surface area contributed by atoms with Crippen LogP contribution in [0.2, 0.25) is 0 Å². The lowest BCUT2D eigenvalue weighted by Crippen LogP contribution is -2.54. The highest BCUT2D eigenvalue weighted by atomic mass is 16.2. The highest BCUT2D eigenvalue weighted by Crippen LogP contribution is 2.36. The summed E-state index contributed by atoms with van der Waals surface area (Å²) in [7, 11) is 0. The molecule has 0 aromatic carbocycles.